The highest BCUT2D eigenvalue weighted by molar-refractivity contribution is 5.72. The Morgan fingerprint density at radius 3 is 1.30 bits per heavy atom. The Hall–Kier alpha value is -2.45. The Bertz CT molecular complexity index is 1080. The molecule has 0 saturated heterocycles. The number of nitrogens with zero attached hydrogens (tertiary/aromatic N) is 1. The molecule has 1 N–H and O–H groups in total. The molecule has 0 rings (SSSR count). The molecule has 0 aliphatic carbocycles. The molecule has 8 heteroatoms. The molecule has 0 heterocycles. The molecule has 0 aromatic rings. The van der Waals surface area contributed by atoms with Gasteiger partial charge in [-0.3, -0.25) is 9.59 Å². The summed E-state index contributed by atoms with van der Waals surface area (Å²) >= 11 is 0. The summed E-state index contributed by atoms with van der Waals surface area (Å²) in [4.78, 5) is 37.1. The third kappa shape index (κ3) is 40.9. The molecular weight excluding hydrogens is 751 g/mol. The van der Waals surface area contributed by atoms with Crippen molar-refractivity contribution in [3.63, 3.8) is 0 Å². The first-order valence-electron chi connectivity index (χ1n) is 25.0. The summed E-state index contributed by atoms with van der Waals surface area (Å²) in [5.41, 5.74) is 0. The van der Waals surface area contributed by atoms with Crippen molar-refractivity contribution >= 4 is 17.9 Å². The number of ether oxygens (including phenoxy) is 3. The molecule has 0 fully saturated rings. The van der Waals surface area contributed by atoms with Crippen LogP contribution >= 0.6 is 0 Å². The number of rotatable bonds is 45. The number of hydrogen-bond donors (Lipinski definition) is 1. The number of hydrogen-bond acceptors (Lipinski definition) is 6. The van der Waals surface area contributed by atoms with E-state index < -0.39 is 18.1 Å². The van der Waals surface area contributed by atoms with Crippen LogP contribution in [0, 0.1) is 0 Å². The molecule has 0 radical (unpaired) electrons. The van der Waals surface area contributed by atoms with Crippen molar-refractivity contribution in [1.82, 2.24) is 0 Å². The van der Waals surface area contributed by atoms with Crippen molar-refractivity contribution in [2.45, 2.75) is 238 Å². The Morgan fingerprint density at radius 2 is 0.883 bits per heavy atom. The van der Waals surface area contributed by atoms with Crippen molar-refractivity contribution in [3.8, 4) is 0 Å². The van der Waals surface area contributed by atoms with E-state index >= 15 is 0 Å². The lowest BCUT2D eigenvalue weighted by Crippen LogP contribution is -2.50. The lowest BCUT2D eigenvalue weighted by atomic mass is 10.1. The second-order valence-electron chi connectivity index (χ2n) is 18.1. The van der Waals surface area contributed by atoms with Crippen LogP contribution in [0.1, 0.15) is 226 Å². The van der Waals surface area contributed by atoms with Gasteiger partial charge < -0.3 is 23.8 Å². The Labute approximate surface area is 370 Å². The average molecular weight is 847 g/mol. The van der Waals surface area contributed by atoms with Crippen molar-refractivity contribution < 1.29 is 38.2 Å². The van der Waals surface area contributed by atoms with Crippen LogP contribution in [0.15, 0.2) is 36.5 Å². The van der Waals surface area contributed by atoms with Gasteiger partial charge in [0.15, 0.2) is 12.1 Å². The van der Waals surface area contributed by atoms with E-state index in [0.29, 0.717) is 19.3 Å². The Morgan fingerprint density at radius 1 is 0.500 bits per heavy atom. The molecule has 350 valence electrons. The summed E-state index contributed by atoms with van der Waals surface area (Å²) in [5.74, 6) is -1.49. The molecule has 0 amide bonds. The van der Waals surface area contributed by atoms with Crippen molar-refractivity contribution in [1.29, 1.82) is 0 Å². The number of aliphatic carboxylic acids is 1. The van der Waals surface area contributed by atoms with Crippen LogP contribution in [0.3, 0.4) is 0 Å². The van der Waals surface area contributed by atoms with Crippen molar-refractivity contribution in [2.24, 2.45) is 0 Å². The highest BCUT2D eigenvalue weighted by Gasteiger charge is 2.31. The molecule has 0 saturated carbocycles. The molecule has 2 atom stereocenters. The first-order valence-corrected chi connectivity index (χ1v) is 25.0. The van der Waals surface area contributed by atoms with Crippen LogP contribution in [0.25, 0.3) is 0 Å². The number of carboxylic acids is 1. The van der Waals surface area contributed by atoms with E-state index in [1.54, 1.807) is 0 Å². The highest BCUT2D eigenvalue weighted by atomic mass is 16.6. The number of likely N-dealkylation sites (N-methyl/N-ethyl adjacent to an activating group) is 1. The Balaban J connectivity index is 4.31. The van der Waals surface area contributed by atoms with E-state index in [1.165, 1.54) is 122 Å². The molecule has 0 aliphatic rings. The van der Waals surface area contributed by atoms with Crippen LogP contribution in [-0.4, -0.2) is 80.6 Å². The van der Waals surface area contributed by atoms with Crippen LogP contribution in [0.4, 0.5) is 0 Å². The summed E-state index contributed by atoms with van der Waals surface area (Å²) in [6, 6.07) is -0.618. The second-order valence-corrected chi connectivity index (χ2v) is 18.1. The number of quaternary nitrogens is 1. The van der Waals surface area contributed by atoms with Crippen molar-refractivity contribution in [3.05, 3.63) is 36.5 Å². The summed E-state index contributed by atoms with van der Waals surface area (Å²) in [6.07, 6.45) is 50.5. The summed E-state index contributed by atoms with van der Waals surface area (Å²) in [7, 11) is 5.53. The highest BCUT2D eigenvalue weighted by Crippen LogP contribution is 2.15. The standard InChI is InChI=1S/C52H95NO7/c1-6-8-10-12-14-16-18-20-22-24-26-28-30-32-34-36-38-40-42-50(54)59-47-48(46-58-45-44-49(52(56)57)53(3,4)5)60-51(55)43-41-39-37-35-33-31-29-27-25-23-21-19-17-15-13-11-9-7-2/h23,25-29,48-49H,6-22,24,30-47H2,1-5H3/p+1/b25-23+,28-26+,29-27+. The van der Waals surface area contributed by atoms with E-state index in [2.05, 4.69) is 50.3 Å². The van der Waals surface area contributed by atoms with Crippen LogP contribution in [0.5, 0.6) is 0 Å². The van der Waals surface area contributed by atoms with Crippen LogP contribution < -0.4 is 0 Å². The fraction of sp³-hybridized carbons (Fsp3) is 0.827. The maximum atomic E-state index is 12.8. The van der Waals surface area contributed by atoms with E-state index in [0.717, 1.165) is 70.6 Å². The summed E-state index contributed by atoms with van der Waals surface area (Å²) in [6.45, 7) is 4.73. The van der Waals surface area contributed by atoms with Crippen LogP contribution in [-0.2, 0) is 28.6 Å². The van der Waals surface area contributed by atoms with Crippen LogP contribution in [0.2, 0.25) is 0 Å². The minimum absolute atomic E-state index is 0.0535. The van der Waals surface area contributed by atoms with E-state index in [-0.39, 0.29) is 36.2 Å². The minimum Gasteiger partial charge on any atom is -0.477 e. The second kappa shape index (κ2) is 43.2. The molecule has 0 aromatic heterocycles. The Kier molecular flexibility index (Phi) is 41.4. The summed E-state index contributed by atoms with van der Waals surface area (Å²) in [5, 5.41) is 9.64. The SMILES string of the molecule is CCCCCCCCC/C=C/C=C/CCCCCCCC(=O)OC(COCCC(C(=O)O)[N+](C)(C)C)COC(=O)CCCCCCC/C=C/CCCCCCCCCCC. The minimum atomic E-state index is -0.877. The summed E-state index contributed by atoms with van der Waals surface area (Å²) < 4.78 is 17.3. The zero-order chi connectivity index (χ0) is 44.2. The predicted molar refractivity (Wildman–Crippen MR) is 252 cm³/mol. The zero-order valence-electron chi connectivity index (χ0n) is 39.9. The first kappa shape index (κ1) is 57.5. The normalized spacial score (nSPS) is 13.2. The zero-order valence-corrected chi connectivity index (χ0v) is 39.9. The largest absolute Gasteiger partial charge is 0.477 e. The quantitative estimate of drug-likeness (QED) is 0.0214. The lowest BCUT2D eigenvalue weighted by Gasteiger charge is -2.31. The number of esters is 2. The maximum absolute atomic E-state index is 12.8. The van der Waals surface area contributed by atoms with Gasteiger partial charge >= 0.3 is 17.9 Å². The fourth-order valence-corrected chi connectivity index (χ4v) is 7.37. The number of carbonyl (C=O) groups excluding carboxylic acids is 2. The topological polar surface area (TPSA) is 99.1 Å². The van der Waals surface area contributed by atoms with Gasteiger partial charge in [0, 0.05) is 19.3 Å². The van der Waals surface area contributed by atoms with Gasteiger partial charge in [0.2, 0.25) is 0 Å². The van der Waals surface area contributed by atoms with Crippen molar-refractivity contribution in [2.75, 3.05) is 41.0 Å². The van der Waals surface area contributed by atoms with Gasteiger partial charge in [0.05, 0.1) is 34.4 Å². The lowest BCUT2D eigenvalue weighted by molar-refractivity contribution is -0.887. The van der Waals surface area contributed by atoms with Gasteiger partial charge in [0.25, 0.3) is 0 Å². The maximum Gasteiger partial charge on any atom is 0.362 e. The fourth-order valence-electron chi connectivity index (χ4n) is 7.37. The first-order chi connectivity index (χ1) is 29.1. The third-order valence-corrected chi connectivity index (χ3v) is 11.3. The average Bonchev–Trinajstić information content (AvgIpc) is 3.21. The molecule has 0 aromatic carbocycles. The van der Waals surface area contributed by atoms with Gasteiger partial charge in [-0.2, -0.15) is 0 Å². The molecule has 8 nitrogen and oxygen atoms in total. The van der Waals surface area contributed by atoms with E-state index in [4.69, 9.17) is 14.2 Å². The van der Waals surface area contributed by atoms with E-state index in [1.807, 2.05) is 21.1 Å². The van der Waals surface area contributed by atoms with Gasteiger partial charge in [-0.05, 0) is 64.2 Å². The van der Waals surface area contributed by atoms with Gasteiger partial charge in [0.1, 0.15) is 6.61 Å². The predicted octanol–water partition coefficient (Wildman–Crippen LogP) is 14.2. The van der Waals surface area contributed by atoms with Gasteiger partial charge in [-0.25, -0.2) is 4.79 Å². The third-order valence-electron chi connectivity index (χ3n) is 11.3. The van der Waals surface area contributed by atoms with Gasteiger partial charge in [-0.1, -0.05) is 179 Å². The van der Waals surface area contributed by atoms with Gasteiger partial charge in [-0.15, -0.1) is 0 Å². The molecular formula is C52H96NO7+. The number of unbranched alkanes of at least 4 members (excludes halogenated alkanes) is 26. The monoisotopic (exact) mass is 847 g/mol. The van der Waals surface area contributed by atoms with E-state index in [9.17, 15) is 19.5 Å². The molecule has 2 unspecified atom stereocenters. The molecule has 60 heavy (non-hydrogen) atoms. The molecule has 0 aliphatic heterocycles. The smallest absolute Gasteiger partial charge is 0.362 e. The number of allylic oxidation sites excluding steroid dienone is 6. The number of carboxylic acid groups (broad SMARTS) is 1. The number of carbonyl (C=O) groups is 3. The molecule has 0 spiro atoms. The molecule has 0 bridgehead atoms.